The van der Waals surface area contributed by atoms with E-state index in [0.717, 1.165) is 39.9 Å². The second-order valence-electron chi connectivity index (χ2n) is 11.0. The monoisotopic (exact) mass is 461 g/mol. The molecule has 0 spiro atoms. The smallest absolute Gasteiger partial charge is 0.244 e. The first-order chi connectivity index (χ1) is 15.9. The third kappa shape index (κ3) is 3.58. The zero-order valence-electron chi connectivity index (χ0n) is 19.4. The predicted octanol–water partition coefficient (Wildman–Crippen LogP) is 6.64. The minimum absolute atomic E-state index is 0.0530. The Morgan fingerprint density at radius 3 is 2.30 bits per heavy atom. The van der Waals surface area contributed by atoms with Gasteiger partial charge in [0.25, 0.3) is 0 Å². The molecule has 5 heteroatoms. The largest absolute Gasteiger partial charge is 0.351 e. The first-order valence-electron chi connectivity index (χ1n) is 12.5. The van der Waals surface area contributed by atoms with Crippen molar-refractivity contribution in [2.75, 3.05) is 0 Å². The summed E-state index contributed by atoms with van der Waals surface area (Å²) in [7, 11) is 0. The number of hydrogen-bond acceptors (Lipinski definition) is 2. The van der Waals surface area contributed by atoms with Crippen LogP contribution < -0.4 is 5.32 Å². The summed E-state index contributed by atoms with van der Waals surface area (Å²) in [5.74, 6) is 2.68. The van der Waals surface area contributed by atoms with Gasteiger partial charge in [0.05, 0.1) is 5.52 Å². The van der Waals surface area contributed by atoms with Gasteiger partial charge in [0, 0.05) is 22.0 Å². The zero-order valence-corrected chi connectivity index (χ0v) is 20.2. The third-order valence-electron chi connectivity index (χ3n) is 8.82. The Labute approximate surface area is 200 Å². The van der Waals surface area contributed by atoms with Crippen LogP contribution in [0.3, 0.4) is 0 Å². The standard InChI is InChI=1S/C28H32ClN3O/c1-17(27(33)30-18(2)28-14-19-10-20(15-28)12-21(11-19)16-28)32-25-9-8-23(29)13-24(25)26(31-32)22-6-4-3-5-7-22/h3-9,13,17-21H,10-12,14-16H2,1-2H3,(H,30,33)/t17-,18+,19?,20?,21?,28?/m1/s1. The molecule has 1 amide bonds. The van der Waals surface area contributed by atoms with Crippen LogP contribution in [0.1, 0.15) is 58.4 Å². The number of halogens is 1. The van der Waals surface area contributed by atoms with E-state index in [1.165, 1.54) is 38.5 Å². The van der Waals surface area contributed by atoms with Crippen molar-refractivity contribution in [1.82, 2.24) is 15.1 Å². The van der Waals surface area contributed by atoms with E-state index in [1.54, 1.807) is 0 Å². The van der Waals surface area contributed by atoms with Crippen LogP contribution in [0.2, 0.25) is 5.02 Å². The van der Waals surface area contributed by atoms with Crippen LogP contribution in [0, 0.1) is 23.2 Å². The molecule has 1 heterocycles. The van der Waals surface area contributed by atoms with Gasteiger partial charge in [0.15, 0.2) is 0 Å². The number of amides is 1. The highest BCUT2D eigenvalue weighted by Crippen LogP contribution is 2.61. The number of nitrogens with one attached hydrogen (secondary N) is 1. The predicted molar refractivity (Wildman–Crippen MR) is 133 cm³/mol. The van der Waals surface area contributed by atoms with Gasteiger partial charge in [0.2, 0.25) is 5.91 Å². The Bertz CT molecular complexity index is 1170. The average molecular weight is 462 g/mol. The molecule has 7 rings (SSSR count). The maximum absolute atomic E-state index is 13.5. The molecule has 3 aromatic rings. The molecule has 33 heavy (non-hydrogen) atoms. The van der Waals surface area contributed by atoms with E-state index < -0.39 is 6.04 Å². The van der Waals surface area contributed by atoms with Crippen LogP contribution in [0.4, 0.5) is 0 Å². The lowest BCUT2D eigenvalue weighted by Gasteiger charge is -2.59. The van der Waals surface area contributed by atoms with Crippen LogP contribution in [0.5, 0.6) is 0 Å². The second kappa shape index (κ2) is 7.87. The maximum Gasteiger partial charge on any atom is 0.244 e. The SMILES string of the molecule is C[C@H](C(=O)N[C@@H](C)C12CC3CC(CC(C3)C1)C2)n1nc(-c2ccccc2)c2cc(Cl)ccc21. The molecule has 2 atom stereocenters. The minimum Gasteiger partial charge on any atom is -0.351 e. The van der Waals surface area contributed by atoms with Crippen LogP contribution in [0.25, 0.3) is 22.2 Å². The number of fused-ring (bicyclic) bond motifs is 1. The van der Waals surface area contributed by atoms with Crippen molar-refractivity contribution in [3.8, 4) is 11.3 Å². The molecule has 4 aliphatic rings. The number of carbonyl (C=O) groups excluding carboxylic acids is 1. The van der Waals surface area contributed by atoms with Crippen molar-refractivity contribution in [2.45, 2.75) is 64.5 Å². The lowest BCUT2D eigenvalue weighted by molar-refractivity contribution is -0.128. The van der Waals surface area contributed by atoms with Gasteiger partial charge in [-0.1, -0.05) is 41.9 Å². The van der Waals surface area contributed by atoms with Crippen molar-refractivity contribution in [1.29, 1.82) is 0 Å². The molecule has 4 bridgehead atoms. The highest BCUT2D eigenvalue weighted by Gasteiger charge is 2.53. The Kier molecular flexibility index (Phi) is 5.06. The van der Waals surface area contributed by atoms with E-state index in [4.69, 9.17) is 16.7 Å². The van der Waals surface area contributed by atoms with E-state index in [0.29, 0.717) is 10.4 Å². The van der Waals surface area contributed by atoms with Crippen LogP contribution in [-0.4, -0.2) is 21.7 Å². The summed E-state index contributed by atoms with van der Waals surface area (Å²) >= 11 is 6.33. The highest BCUT2D eigenvalue weighted by molar-refractivity contribution is 6.31. The third-order valence-corrected chi connectivity index (χ3v) is 9.06. The van der Waals surface area contributed by atoms with Gasteiger partial charge in [-0.2, -0.15) is 5.10 Å². The van der Waals surface area contributed by atoms with Crippen molar-refractivity contribution in [3.05, 3.63) is 53.6 Å². The highest BCUT2D eigenvalue weighted by atomic mass is 35.5. The Hall–Kier alpha value is -2.33. The second-order valence-corrected chi connectivity index (χ2v) is 11.4. The van der Waals surface area contributed by atoms with Gasteiger partial charge >= 0.3 is 0 Å². The molecular weight excluding hydrogens is 430 g/mol. The molecule has 4 fully saturated rings. The molecule has 2 aromatic carbocycles. The number of nitrogens with zero attached hydrogens (tertiary/aromatic N) is 2. The van der Waals surface area contributed by atoms with E-state index in [1.807, 2.05) is 60.1 Å². The topological polar surface area (TPSA) is 46.9 Å². The Morgan fingerprint density at radius 1 is 1.03 bits per heavy atom. The normalized spacial score (nSPS) is 29.8. The number of hydrogen-bond donors (Lipinski definition) is 1. The minimum atomic E-state index is -0.400. The first-order valence-corrected chi connectivity index (χ1v) is 12.8. The Balaban J connectivity index is 1.29. The fourth-order valence-corrected chi connectivity index (χ4v) is 7.70. The average Bonchev–Trinajstić information content (AvgIpc) is 3.16. The fourth-order valence-electron chi connectivity index (χ4n) is 7.52. The summed E-state index contributed by atoms with van der Waals surface area (Å²) in [6.45, 7) is 4.20. The molecule has 0 unspecified atom stereocenters. The van der Waals surface area contributed by atoms with Crippen molar-refractivity contribution >= 4 is 28.4 Å². The van der Waals surface area contributed by atoms with Gasteiger partial charge in [-0.15, -0.1) is 0 Å². The molecule has 0 aliphatic heterocycles. The summed E-state index contributed by atoms with van der Waals surface area (Å²) < 4.78 is 1.87. The molecule has 0 saturated heterocycles. The lowest BCUT2D eigenvalue weighted by atomic mass is 9.48. The first kappa shape index (κ1) is 21.2. The zero-order chi connectivity index (χ0) is 22.7. The van der Waals surface area contributed by atoms with Crippen LogP contribution >= 0.6 is 11.6 Å². The number of benzene rings is 2. The lowest BCUT2D eigenvalue weighted by Crippen LogP contribution is -2.56. The van der Waals surface area contributed by atoms with Gasteiger partial charge in [-0.3, -0.25) is 9.48 Å². The molecule has 1 N–H and O–H groups in total. The van der Waals surface area contributed by atoms with Crippen LogP contribution in [0.15, 0.2) is 48.5 Å². The molecule has 1 aromatic heterocycles. The molecule has 172 valence electrons. The summed E-state index contributed by atoms with van der Waals surface area (Å²) in [6.07, 6.45) is 8.11. The summed E-state index contributed by atoms with van der Waals surface area (Å²) in [5.41, 5.74) is 3.11. The Morgan fingerprint density at radius 2 is 1.67 bits per heavy atom. The van der Waals surface area contributed by atoms with Gasteiger partial charge in [-0.05, 0) is 93.7 Å². The van der Waals surface area contributed by atoms with Crippen LogP contribution in [-0.2, 0) is 4.79 Å². The van der Waals surface area contributed by atoms with Crippen molar-refractivity contribution < 1.29 is 4.79 Å². The van der Waals surface area contributed by atoms with Gasteiger partial charge in [0.1, 0.15) is 11.7 Å². The van der Waals surface area contributed by atoms with E-state index in [-0.39, 0.29) is 11.9 Å². The van der Waals surface area contributed by atoms with Gasteiger partial charge in [-0.25, -0.2) is 0 Å². The summed E-state index contributed by atoms with van der Waals surface area (Å²) in [4.78, 5) is 13.5. The number of aromatic nitrogens is 2. The van der Waals surface area contributed by atoms with Crippen molar-refractivity contribution in [2.24, 2.45) is 23.2 Å². The summed E-state index contributed by atoms with van der Waals surface area (Å²) in [6, 6.07) is 15.7. The van der Waals surface area contributed by atoms with E-state index in [2.05, 4.69) is 12.2 Å². The molecule has 0 radical (unpaired) electrons. The van der Waals surface area contributed by atoms with Crippen molar-refractivity contribution in [3.63, 3.8) is 0 Å². The molecule has 4 nitrogen and oxygen atoms in total. The number of carbonyl (C=O) groups is 1. The maximum atomic E-state index is 13.5. The van der Waals surface area contributed by atoms with Gasteiger partial charge < -0.3 is 5.32 Å². The van der Waals surface area contributed by atoms with E-state index in [9.17, 15) is 4.79 Å². The quantitative estimate of drug-likeness (QED) is 0.463. The fraction of sp³-hybridized carbons (Fsp3) is 0.500. The summed E-state index contributed by atoms with van der Waals surface area (Å²) in [5, 5.41) is 10.0. The molecular formula is C28H32ClN3O. The van der Waals surface area contributed by atoms with E-state index >= 15 is 0 Å². The molecule has 4 saturated carbocycles. The number of rotatable bonds is 5. The molecule has 4 aliphatic carbocycles.